The number of Topliss-reactive ketones (excluding diaryl/α,β-unsaturated/α-hetero) is 1. The number of aromatic nitrogens is 1. The van der Waals surface area contributed by atoms with Gasteiger partial charge in [0.1, 0.15) is 18.2 Å². The summed E-state index contributed by atoms with van der Waals surface area (Å²) in [5.41, 5.74) is 3.53. The molecule has 5 nitrogen and oxygen atoms in total. The van der Waals surface area contributed by atoms with Gasteiger partial charge in [0.15, 0.2) is 10.9 Å². The van der Waals surface area contributed by atoms with E-state index in [1.165, 1.54) is 37.3 Å². The number of hydrogen-bond donors (Lipinski definition) is 0. The quantitative estimate of drug-likeness (QED) is 0.511. The Morgan fingerprint density at radius 1 is 1.14 bits per heavy atom. The molecule has 0 saturated carbocycles. The number of hydrogen-bond acceptors (Lipinski definition) is 5. The van der Waals surface area contributed by atoms with E-state index in [4.69, 9.17) is 4.74 Å². The maximum Gasteiger partial charge on any atom is 0.230 e. The minimum Gasteiger partial charge on any atom is -0.487 e. The SMILES string of the molecule is CC(=O)c1ccc(OCc2csc(N(C(C)=O)c3ccc(C)cc3C)n2)cc1F. The van der Waals surface area contributed by atoms with Gasteiger partial charge in [-0.1, -0.05) is 17.7 Å². The third-order valence-corrected chi connectivity index (χ3v) is 5.22. The molecule has 0 aliphatic carbocycles. The van der Waals surface area contributed by atoms with Gasteiger partial charge < -0.3 is 4.74 Å². The average molecular weight is 412 g/mol. The molecule has 0 fully saturated rings. The Morgan fingerprint density at radius 2 is 1.90 bits per heavy atom. The number of carbonyl (C=O) groups is 2. The molecule has 0 radical (unpaired) electrons. The average Bonchev–Trinajstić information content (AvgIpc) is 3.10. The highest BCUT2D eigenvalue weighted by molar-refractivity contribution is 7.14. The lowest BCUT2D eigenvalue weighted by Gasteiger charge is -2.20. The van der Waals surface area contributed by atoms with E-state index in [1.807, 2.05) is 32.0 Å². The molecule has 1 heterocycles. The molecule has 1 aromatic heterocycles. The number of amides is 1. The first-order chi connectivity index (χ1) is 13.8. The molecule has 2 aromatic carbocycles. The van der Waals surface area contributed by atoms with Crippen molar-refractivity contribution in [2.75, 3.05) is 4.90 Å². The number of ether oxygens (including phenoxy) is 1. The fraction of sp³-hybridized carbons (Fsp3) is 0.227. The molecule has 0 saturated heterocycles. The van der Waals surface area contributed by atoms with Crippen molar-refractivity contribution < 1.29 is 18.7 Å². The van der Waals surface area contributed by atoms with Crippen LogP contribution < -0.4 is 9.64 Å². The topological polar surface area (TPSA) is 59.5 Å². The predicted octanol–water partition coefficient (Wildman–Crippen LogP) is 5.37. The zero-order valence-electron chi connectivity index (χ0n) is 16.7. The van der Waals surface area contributed by atoms with Crippen molar-refractivity contribution in [1.82, 2.24) is 4.98 Å². The molecule has 0 spiro atoms. The first kappa shape index (κ1) is 20.7. The Kier molecular flexibility index (Phi) is 6.08. The van der Waals surface area contributed by atoms with Crippen LogP contribution in [0.2, 0.25) is 0 Å². The Morgan fingerprint density at radius 3 is 2.52 bits per heavy atom. The molecule has 1 amide bonds. The van der Waals surface area contributed by atoms with E-state index in [1.54, 1.807) is 16.3 Å². The van der Waals surface area contributed by atoms with E-state index in [9.17, 15) is 14.0 Å². The fourth-order valence-electron chi connectivity index (χ4n) is 2.96. The lowest BCUT2D eigenvalue weighted by atomic mass is 10.1. The van der Waals surface area contributed by atoms with Crippen LogP contribution in [0.4, 0.5) is 15.2 Å². The Balaban J connectivity index is 1.78. The summed E-state index contributed by atoms with van der Waals surface area (Å²) in [7, 11) is 0. The first-order valence-electron chi connectivity index (χ1n) is 9.02. The number of carbonyl (C=O) groups excluding carboxylic acids is 2. The molecular weight excluding hydrogens is 391 g/mol. The van der Waals surface area contributed by atoms with Gasteiger partial charge in [0.2, 0.25) is 5.91 Å². The van der Waals surface area contributed by atoms with Crippen molar-refractivity contribution in [3.8, 4) is 5.75 Å². The van der Waals surface area contributed by atoms with Gasteiger partial charge in [0, 0.05) is 18.4 Å². The summed E-state index contributed by atoms with van der Waals surface area (Å²) in [6.45, 7) is 6.88. The van der Waals surface area contributed by atoms with Crippen molar-refractivity contribution in [1.29, 1.82) is 0 Å². The maximum atomic E-state index is 13.9. The van der Waals surface area contributed by atoms with Crippen molar-refractivity contribution in [2.24, 2.45) is 0 Å². The monoisotopic (exact) mass is 412 g/mol. The van der Waals surface area contributed by atoms with Crippen LogP contribution in [0.3, 0.4) is 0 Å². The minimum absolute atomic E-state index is 0.0267. The standard InChI is InChI=1S/C22H21FN2O3S/c1-13-5-8-21(14(2)9-13)25(16(4)27)22-24-17(12-29-22)11-28-18-6-7-19(15(3)26)20(23)10-18/h5-10,12H,11H2,1-4H3. The Hall–Kier alpha value is -3.06. The Bertz CT molecular complexity index is 1080. The van der Waals surface area contributed by atoms with Crippen LogP contribution in [0.25, 0.3) is 0 Å². The lowest BCUT2D eigenvalue weighted by molar-refractivity contribution is -0.115. The van der Waals surface area contributed by atoms with E-state index >= 15 is 0 Å². The molecule has 0 aliphatic rings. The molecule has 3 aromatic rings. The third-order valence-electron chi connectivity index (χ3n) is 4.35. The summed E-state index contributed by atoms with van der Waals surface area (Å²) in [5.74, 6) is -0.791. The fourth-order valence-corrected chi connectivity index (χ4v) is 3.82. The summed E-state index contributed by atoms with van der Waals surface area (Å²) >= 11 is 1.33. The molecule has 7 heteroatoms. The number of ketones is 1. The van der Waals surface area contributed by atoms with E-state index < -0.39 is 5.82 Å². The van der Waals surface area contributed by atoms with Crippen molar-refractivity contribution in [2.45, 2.75) is 34.3 Å². The van der Waals surface area contributed by atoms with Gasteiger partial charge in [-0.05, 0) is 44.5 Å². The second-order valence-electron chi connectivity index (χ2n) is 6.75. The van der Waals surface area contributed by atoms with Gasteiger partial charge in [-0.3, -0.25) is 14.5 Å². The van der Waals surface area contributed by atoms with Crippen LogP contribution in [-0.4, -0.2) is 16.7 Å². The van der Waals surface area contributed by atoms with Crippen LogP contribution >= 0.6 is 11.3 Å². The molecule has 3 rings (SSSR count). The number of halogens is 1. The van der Waals surface area contributed by atoms with Crippen LogP contribution in [0.15, 0.2) is 41.8 Å². The molecule has 0 N–H and O–H groups in total. The highest BCUT2D eigenvalue weighted by atomic mass is 32.1. The lowest BCUT2D eigenvalue weighted by Crippen LogP contribution is -2.23. The highest BCUT2D eigenvalue weighted by Gasteiger charge is 2.20. The van der Waals surface area contributed by atoms with Crippen molar-refractivity contribution in [3.63, 3.8) is 0 Å². The zero-order valence-corrected chi connectivity index (χ0v) is 17.5. The number of anilines is 2. The van der Waals surface area contributed by atoms with Gasteiger partial charge in [0.25, 0.3) is 0 Å². The number of nitrogens with zero attached hydrogens (tertiary/aromatic N) is 2. The van der Waals surface area contributed by atoms with E-state index in [0.717, 1.165) is 16.8 Å². The molecular formula is C22H21FN2O3S. The minimum atomic E-state index is -0.619. The molecule has 29 heavy (non-hydrogen) atoms. The van der Waals surface area contributed by atoms with Gasteiger partial charge in [0.05, 0.1) is 16.9 Å². The van der Waals surface area contributed by atoms with E-state index in [-0.39, 0.29) is 23.9 Å². The number of rotatable bonds is 6. The van der Waals surface area contributed by atoms with Gasteiger partial charge in [-0.15, -0.1) is 11.3 Å². The summed E-state index contributed by atoms with van der Waals surface area (Å²) in [6, 6.07) is 10.0. The predicted molar refractivity (Wildman–Crippen MR) is 112 cm³/mol. The summed E-state index contributed by atoms with van der Waals surface area (Å²) in [5, 5.41) is 2.34. The van der Waals surface area contributed by atoms with Crippen molar-refractivity contribution in [3.05, 3.63) is 70.0 Å². The van der Waals surface area contributed by atoms with Gasteiger partial charge in [-0.2, -0.15) is 0 Å². The smallest absolute Gasteiger partial charge is 0.230 e. The number of benzene rings is 2. The summed E-state index contributed by atoms with van der Waals surface area (Å²) in [6.07, 6.45) is 0. The molecule has 0 bridgehead atoms. The molecule has 150 valence electrons. The van der Waals surface area contributed by atoms with Gasteiger partial charge in [-0.25, -0.2) is 9.37 Å². The van der Waals surface area contributed by atoms with Crippen LogP contribution in [0.5, 0.6) is 5.75 Å². The number of aryl methyl sites for hydroxylation is 2. The summed E-state index contributed by atoms with van der Waals surface area (Å²) < 4.78 is 19.5. The second-order valence-corrected chi connectivity index (χ2v) is 7.59. The molecule has 0 atom stereocenters. The Labute approximate surface area is 172 Å². The van der Waals surface area contributed by atoms with Gasteiger partial charge >= 0.3 is 0 Å². The van der Waals surface area contributed by atoms with E-state index in [2.05, 4.69) is 4.98 Å². The zero-order chi connectivity index (χ0) is 21.1. The van der Waals surface area contributed by atoms with Crippen LogP contribution in [0, 0.1) is 19.7 Å². The maximum absolute atomic E-state index is 13.9. The summed E-state index contributed by atoms with van der Waals surface area (Å²) in [4.78, 5) is 29.7. The third kappa shape index (κ3) is 4.68. The van der Waals surface area contributed by atoms with E-state index in [0.29, 0.717) is 16.6 Å². The van der Waals surface area contributed by atoms with Crippen LogP contribution in [-0.2, 0) is 11.4 Å². The molecule has 0 unspecified atom stereocenters. The largest absolute Gasteiger partial charge is 0.487 e. The van der Waals surface area contributed by atoms with Crippen LogP contribution in [0.1, 0.15) is 41.0 Å². The first-order valence-corrected chi connectivity index (χ1v) is 9.90. The molecule has 0 aliphatic heterocycles. The second kappa shape index (κ2) is 8.53. The number of thiazole rings is 1. The van der Waals surface area contributed by atoms with Crippen molar-refractivity contribution >= 4 is 33.8 Å². The normalized spacial score (nSPS) is 10.7. The highest BCUT2D eigenvalue weighted by Crippen LogP contribution is 2.32.